The number of amides is 1. The van der Waals surface area contributed by atoms with Gasteiger partial charge in [0.1, 0.15) is 5.82 Å². The van der Waals surface area contributed by atoms with Crippen molar-refractivity contribution in [3.05, 3.63) is 83.9 Å². The van der Waals surface area contributed by atoms with E-state index >= 15 is 0 Å². The number of carbonyl (C=O) groups excluding carboxylic acids is 2. The average molecular weight is 385 g/mol. The number of anilines is 1. The quantitative estimate of drug-likeness (QED) is 0.490. The minimum absolute atomic E-state index is 0.290. The highest BCUT2D eigenvalue weighted by atomic mass is 16.5. The van der Waals surface area contributed by atoms with E-state index in [4.69, 9.17) is 4.74 Å². The van der Waals surface area contributed by atoms with E-state index in [2.05, 4.69) is 15.3 Å². The molecule has 29 heavy (non-hydrogen) atoms. The zero-order chi connectivity index (χ0) is 20.2. The first-order chi connectivity index (χ1) is 14.2. The van der Waals surface area contributed by atoms with Gasteiger partial charge in [0.2, 0.25) is 0 Å². The van der Waals surface area contributed by atoms with E-state index in [1.807, 2.05) is 36.4 Å². The molecule has 1 amide bonds. The number of rotatable bonds is 5. The van der Waals surface area contributed by atoms with Crippen LogP contribution in [0, 0.1) is 0 Å². The third kappa shape index (κ3) is 3.87. The summed E-state index contributed by atoms with van der Waals surface area (Å²) in [7, 11) is 0. The predicted molar refractivity (Wildman–Crippen MR) is 112 cm³/mol. The van der Waals surface area contributed by atoms with Crippen molar-refractivity contribution in [2.24, 2.45) is 0 Å². The Morgan fingerprint density at radius 3 is 2.62 bits per heavy atom. The zero-order valence-electron chi connectivity index (χ0n) is 15.8. The molecule has 0 aliphatic heterocycles. The predicted octanol–water partition coefficient (Wildman–Crippen LogP) is 4.66. The summed E-state index contributed by atoms with van der Waals surface area (Å²) in [4.78, 5) is 32.7. The largest absolute Gasteiger partial charge is 0.462 e. The number of benzene rings is 3. The van der Waals surface area contributed by atoms with E-state index < -0.39 is 5.97 Å². The van der Waals surface area contributed by atoms with Crippen LogP contribution < -0.4 is 5.32 Å². The van der Waals surface area contributed by atoms with Gasteiger partial charge in [0.15, 0.2) is 0 Å². The first-order valence-corrected chi connectivity index (χ1v) is 9.28. The molecule has 6 heteroatoms. The number of hydrogen-bond acceptors (Lipinski definition) is 4. The van der Waals surface area contributed by atoms with Crippen molar-refractivity contribution in [3.8, 4) is 11.4 Å². The lowest BCUT2D eigenvalue weighted by Gasteiger charge is -2.10. The summed E-state index contributed by atoms with van der Waals surface area (Å²) in [5.41, 5.74) is 3.81. The molecule has 0 saturated heterocycles. The molecule has 4 aromatic rings. The summed E-state index contributed by atoms with van der Waals surface area (Å²) in [6.45, 7) is 2.04. The number of nitrogens with one attached hydrogen (secondary N) is 2. The van der Waals surface area contributed by atoms with Crippen LogP contribution in [0.1, 0.15) is 27.6 Å². The van der Waals surface area contributed by atoms with Gasteiger partial charge in [-0.25, -0.2) is 9.78 Å². The van der Waals surface area contributed by atoms with E-state index in [0.717, 1.165) is 11.0 Å². The lowest BCUT2D eigenvalue weighted by Crippen LogP contribution is -2.14. The van der Waals surface area contributed by atoms with Crippen molar-refractivity contribution >= 4 is 28.6 Å². The second kappa shape index (κ2) is 7.98. The molecule has 1 aromatic heterocycles. The summed E-state index contributed by atoms with van der Waals surface area (Å²) in [5.74, 6) is -0.0921. The maximum absolute atomic E-state index is 13.0. The van der Waals surface area contributed by atoms with Crippen LogP contribution in [0.3, 0.4) is 0 Å². The monoisotopic (exact) mass is 385 g/mol. The summed E-state index contributed by atoms with van der Waals surface area (Å²) in [6.07, 6.45) is 0. The van der Waals surface area contributed by atoms with Gasteiger partial charge < -0.3 is 15.0 Å². The molecule has 2 N–H and O–H groups in total. The zero-order valence-corrected chi connectivity index (χ0v) is 15.8. The Bertz CT molecular complexity index is 1160. The second-order valence-corrected chi connectivity index (χ2v) is 6.40. The van der Waals surface area contributed by atoms with Crippen molar-refractivity contribution in [3.63, 3.8) is 0 Å². The summed E-state index contributed by atoms with van der Waals surface area (Å²) in [5, 5.41) is 2.85. The van der Waals surface area contributed by atoms with Gasteiger partial charge in [-0.15, -0.1) is 0 Å². The number of fused-ring (bicyclic) bond motifs is 1. The Morgan fingerprint density at radius 1 is 1.00 bits per heavy atom. The number of carbonyl (C=O) groups is 2. The topological polar surface area (TPSA) is 84.1 Å². The number of para-hydroxylation sites is 2. The lowest BCUT2D eigenvalue weighted by molar-refractivity contribution is 0.0526. The van der Waals surface area contributed by atoms with Crippen molar-refractivity contribution in [2.45, 2.75) is 6.92 Å². The van der Waals surface area contributed by atoms with Gasteiger partial charge in [-0.3, -0.25) is 4.79 Å². The van der Waals surface area contributed by atoms with Gasteiger partial charge in [0.05, 0.1) is 28.8 Å². The maximum Gasteiger partial charge on any atom is 0.338 e. The third-order valence-electron chi connectivity index (χ3n) is 4.45. The van der Waals surface area contributed by atoms with E-state index in [9.17, 15) is 9.59 Å². The van der Waals surface area contributed by atoms with Gasteiger partial charge in [0, 0.05) is 11.3 Å². The lowest BCUT2D eigenvalue weighted by atomic mass is 10.1. The number of esters is 1. The van der Waals surface area contributed by atoms with Crippen molar-refractivity contribution in [1.29, 1.82) is 0 Å². The molecule has 3 aromatic carbocycles. The molecular formula is C23H19N3O3. The minimum atomic E-state index is -0.425. The molecule has 6 nitrogen and oxygen atoms in total. The van der Waals surface area contributed by atoms with E-state index in [-0.39, 0.29) is 5.91 Å². The highest BCUT2D eigenvalue weighted by Gasteiger charge is 2.16. The fraction of sp³-hybridized carbons (Fsp3) is 0.0870. The van der Waals surface area contributed by atoms with Gasteiger partial charge in [-0.1, -0.05) is 36.4 Å². The van der Waals surface area contributed by atoms with Crippen molar-refractivity contribution in [1.82, 2.24) is 9.97 Å². The molecule has 0 fully saturated rings. The van der Waals surface area contributed by atoms with Crippen molar-refractivity contribution < 1.29 is 14.3 Å². The van der Waals surface area contributed by atoms with Gasteiger partial charge >= 0.3 is 5.97 Å². The molecule has 0 radical (unpaired) electrons. The summed E-state index contributed by atoms with van der Waals surface area (Å²) in [6, 6.07) is 21.6. The van der Waals surface area contributed by atoms with Crippen LogP contribution in [0.5, 0.6) is 0 Å². The summed E-state index contributed by atoms with van der Waals surface area (Å²) < 4.78 is 5.01. The molecule has 144 valence electrons. The first-order valence-electron chi connectivity index (χ1n) is 9.28. The fourth-order valence-corrected chi connectivity index (χ4v) is 3.10. The number of aromatic amines is 1. The molecule has 0 atom stereocenters. The van der Waals surface area contributed by atoms with Crippen LogP contribution in [-0.2, 0) is 4.74 Å². The number of aromatic nitrogens is 2. The third-order valence-corrected chi connectivity index (χ3v) is 4.45. The van der Waals surface area contributed by atoms with Crippen LogP contribution in [0.4, 0.5) is 5.69 Å². The van der Waals surface area contributed by atoms with E-state index in [1.165, 1.54) is 0 Å². The maximum atomic E-state index is 13.0. The van der Waals surface area contributed by atoms with E-state index in [0.29, 0.717) is 34.8 Å². The molecule has 0 spiro atoms. The molecular weight excluding hydrogens is 366 g/mol. The standard InChI is InChI=1S/C23H19N3O3/c1-2-29-23(28)15-8-7-9-16(14-15)24-22(27)18-11-4-3-10-17(18)21-25-19-12-5-6-13-20(19)26-21/h3-14H,2H2,1H3,(H,24,27)(H,25,26). The number of hydrogen-bond donors (Lipinski definition) is 2. The molecule has 0 aliphatic carbocycles. The Morgan fingerprint density at radius 2 is 1.79 bits per heavy atom. The van der Waals surface area contributed by atoms with Crippen LogP contribution in [0.25, 0.3) is 22.4 Å². The van der Waals surface area contributed by atoms with Gasteiger partial charge in [0.25, 0.3) is 5.91 Å². The Hall–Kier alpha value is -3.93. The van der Waals surface area contributed by atoms with Crippen LogP contribution in [-0.4, -0.2) is 28.5 Å². The Kier molecular flexibility index (Phi) is 5.07. The molecule has 0 aliphatic rings. The fourth-order valence-electron chi connectivity index (χ4n) is 3.10. The van der Waals surface area contributed by atoms with Gasteiger partial charge in [-0.2, -0.15) is 0 Å². The van der Waals surface area contributed by atoms with Crippen LogP contribution in [0.2, 0.25) is 0 Å². The number of nitrogens with zero attached hydrogens (tertiary/aromatic N) is 1. The molecule has 0 bridgehead atoms. The summed E-state index contributed by atoms with van der Waals surface area (Å²) >= 11 is 0. The SMILES string of the molecule is CCOC(=O)c1cccc(NC(=O)c2ccccc2-c2nc3ccccc3[nH]2)c1. The Balaban J connectivity index is 1.63. The highest BCUT2D eigenvalue weighted by Crippen LogP contribution is 2.25. The molecule has 0 unspecified atom stereocenters. The molecule has 1 heterocycles. The van der Waals surface area contributed by atoms with Crippen molar-refractivity contribution in [2.75, 3.05) is 11.9 Å². The van der Waals surface area contributed by atoms with Gasteiger partial charge in [-0.05, 0) is 43.3 Å². The molecule has 4 rings (SSSR count). The second-order valence-electron chi connectivity index (χ2n) is 6.40. The first kappa shape index (κ1) is 18.4. The number of ether oxygens (including phenoxy) is 1. The van der Waals surface area contributed by atoms with Crippen LogP contribution in [0.15, 0.2) is 72.8 Å². The minimum Gasteiger partial charge on any atom is -0.462 e. The number of H-pyrrole nitrogens is 1. The van der Waals surface area contributed by atoms with E-state index in [1.54, 1.807) is 43.3 Å². The average Bonchev–Trinajstić information content (AvgIpc) is 3.18. The smallest absolute Gasteiger partial charge is 0.338 e. The number of imidazole rings is 1. The highest BCUT2D eigenvalue weighted by molar-refractivity contribution is 6.09. The normalized spacial score (nSPS) is 10.7. The Labute approximate surface area is 167 Å². The van der Waals surface area contributed by atoms with Crippen LogP contribution >= 0.6 is 0 Å². The molecule has 0 saturated carbocycles.